The van der Waals surface area contributed by atoms with Gasteiger partial charge in [0, 0.05) is 32.6 Å². The molecule has 4 aliphatic rings. The van der Waals surface area contributed by atoms with E-state index in [0.717, 1.165) is 0 Å². The molecule has 4 heterocycles. The Balaban J connectivity index is 1.42. The van der Waals surface area contributed by atoms with Gasteiger partial charge >= 0.3 is 0 Å². The molecule has 0 amide bonds. The van der Waals surface area contributed by atoms with Crippen molar-refractivity contribution in [2.45, 2.75) is 127 Å². The summed E-state index contributed by atoms with van der Waals surface area (Å²) in [5.74, 6) is -13.3. The summed E-state index contributed by atoms with van der Waals surface area (Å²) < 4.78 is 34.1. The third-order valence-electron chi connectivity index (χ3n) is 7.98. The average Bonchev–Trinajstić information content (AvgIpc) is 3.18. The maximum absolute atomic E-state index is 13.1. The fourth-order valence-electron chi connectivity index (χ4n) is 5.54. The quantitative estimate of drug-likeness (QED) is 0.491. The smallest absolute Gasteiger partial charge is 0.231 e. The van der Waals surface area contributed by atoms with Crippen LogP contribution in [0.4, 0.5) is 0 Å². The average molecular weight is 515 g/mol. The molecule has 2 unspecified atom stereocenters. The number of carbonyl (C=O) groups is 4. The molecule has 4 saturated heterocycles. The first-order valence-corrected chi connectivity index (χ1v) is 11.8. The van der Waals surface area contributed by atoms with E-state index >= 15 is 0 Å². The van der Waals surface area contributed by atoms with Crippen LogP contribution in [0.5, 0.6) is 0 Å². The van der Waals surface area contributed by atoms with Gasteiger partial charge in [0.1, 0.15) is 11.2 Å². The van der Waals surface area contributed by atoms with Crippen LogP contribution in [0.15, 0.2) is 0 Å². The summed E-state index contributed by atoms with van der Waals surface area (Å²) in [6.07, 6.45) is -1.22. The van der Waals surface area contributed by atoms with Crippen LogP contribution in [0.2, 0.25) is 0 Å². The van der Waals surface area contributed by atoms with Crippen molar-refractivity contribution in [1.82, 2.24) is 0 Å². The lowest BCUT2D eigenvalue weighted by Gasteiger charge is -2.31. The van der Waals surface area contributed by atoms with Gasteiger partial charge in [0.15, 0.2) is 23.1 Å². The summed E-state index contributed by atoms with van der Waals surface area (Å²) in [5.41, 5.74) is -2.93. The van der Waals surface area contributed by atoms with Gasteiger partial charge in [-0.25, -0.2) is 0 Å². The zero-order valence-corrected chi connectivity index (χ0v) is 21.8. The SMILES string of the molecule is CC(=O)[C@@]1(C)OC2(O)C[C@@](C)(C(=O)CCC(=O)[C@@]3(C)O[C@@]4(C)O[C@@](C)(C(C)=O)C[C@@]4(O)O3)OC2(C)O1. The summed E-state index contributed by atoms with van der Waals surface area (Å²) in [7, 11) is 0. The second-order valence-corrected chi connectivity index (χ2v) is 11.2. The molecule has 12 nitrogen and oxygen atoms in total. The molecule has 2 N–H and O–H groups in total. The van der Waals surface area contributed by atoms with Crippen molar-refractivity contribution in [3.8, 4) is 0 Å². The minimum absolute atomic E-state index is 0.240. The Morgan fingerprint density at radius 3 is 1.47 bits per heavy atom. The van der Waals surface area contributed by atoms with Crippen molar-refractivity contribution in [2.24, 2.45) is 0 Å². The highest BCUT2D eigenvalue weighted by molar-refractivity contribution is 5.94. The molecule has 4 rings (SSSR count). The van der Waals surface area contributed by atoms with Gasteiger partial charge in [0.25, 0.3) is 0 Å². The molecule has 0 saturated carbocycles. The molecule has 0 spiro atoms. The molecule has 0 aromatic rings. The molecule has 0 radical (unpaired) electrons. The van der Waals surface area contributed by atoms with E-state index < -0.39 is 63.3 Å². The van der Waals surface area contributed by atoms with Gasteiger partial charge in [-0.3, -0.25) is 19.2 Å². The second kappa shape index (κ2) is 7.48. The molecular weight excluding hydrogens is 480 g/mol. The fraction of sp³-hybridized carbons (Fsp3) is 0.833. The molecule has 4 fully saturated rings. The lowest BCUT2D eigenvalue weighted by Crippen LogP contribution is -2.46. The summed E-state index contributed by atoms with van der Waals surface area (Å²) in [5, 5.41) is 22.1. The highest BCUT2D eigenvalue weighted by atomic mass is 16.9. The molecule has 0 aromatic heterocycles. The van der Waals surface area contributed by atoms with Gasteiger partial charge in [0.2, 0.25) is 34.7 Å². The minimum atomic E-state index is -2.07. The number of fused-ring (bicyclic) bond motifs is 2. The van der Waals surface area contributed by atoms with Crippen LogP contribution in [-0.4, -0.2) is 79.3 Å². The number of carbonyl (C=O) groups excluding carboxylic acids is 4. The number of ketones is 4. The first-order chi connectivity index (χ1) is 16.1. The van der Waals surface area contributed by atoms with E-state index in [1.54, 1.807) is 0 Å². The highest BCUT2D eigenvalue weighted by Gasteiger charge is 2.75. The number of ether oxygens (including phenoxy) is 6. The third-order valence-corrected chi connectivity index (χ3v) is 7.98. The molecule has 0 bridgehead atoms. The number of hydrogen-bond donors (Lipinski definition) is 2. The normalized spacial score (nSPS) is 51.7. The number of Topliss-reactive ketones (excluding diaryl/α,β-unsaturated/α-hetero) is 4. The summed E-state index contributed by atoms with van der Waals surface area (Å²) in [4.78, 5) is 50.1. The van der Waals surface area contributed by atoms with Crippen LogP contribution < -0.4 is 0 Å². The Morgan fingerprint density at radius 1 is 0.583 bits per heavy atom. The minimum Gasteiger partial charge on any atom is -0.361 e. The molecule has 36 heavy (non-hydrogen) atoms. The Labute approximate surface area is 208 Å². The lowest BCUT2D eigenvalue weighted by molar-refractivity contribution is -0.272. The predicted octanol–water partition coefficient (Wildman–Crippen LogP) is 0.776. The summed E-state index contributed by atoms with van der Waals surface area (Å²) >= 11 is 0. The summed E-state index contributed by atoms with van der Waals surface area (Å²) in [6, 6.07) is 0. The molecular formula is C24H34O12. The van der Waals surface area contributed by atoms with E-state index in [-0.39, 0.29) is 31.5 Å². The van der Waals surface area contributed by atoms with E-state index in [9.17, 15) is 29.4 Å². The van der Waals surface area contributed by atoms with Crippen molar-refractivity contribution >= 4 is 23.1 Å². The van der Waals surface area contributed by atoms with Crippen LogP contribution >= 0.6 is 0 Å². The number of aliphatic hydroxyl groups is 2. The van der Waals surface area contributed by atoms with Crippen LogP contribution in [-0.2, 0) is 47.6 Å². The van der Waals surface area contributed by atoms with Gasteiger partial charge in [-0.15, -0.1) is 0 Å². The number of hydrogen-bond acceptors (Lipinski definition) is 12. The van der Waals surface area contributed by atoms with Crippen LogP contribution in [0, 0.1) is 0 Å². The van der Waals surface area contributed by atoms with Crippen molar-refractivity contribution in [2.75, 3.05) is 0 Å². The maximum atomic E-state index is 13.1. The Bertz CT molecular complexity index is 930. The van der Waals surface area contributed by atoms with Gasteiger partial charge in [-0.1, -0.05) is 0 Å². The molecule has 0 aliphatic carbocycles. The standard InChI is InChI=1S/C24H34O12/c1-13(25)17(3)11-23(29)21(7,31-17)34-20(6,36-23)16(28)10-9-15(27)18(4)12-24(30)22(8,32-18)33-19(5,35-24)14(2)26/h29-30H,9-12H2,1-8H3/t17-,18+,19-,20+,21-,22?,23-,24?/m1/s1. The van der Waals surface area contributed by atoms with E-state index in [2.05, 4.69) is 0 Å². The molecule has 4 aliphatic heterocycles. The largest absolute Gasteiger partial charge is 0.361 e. The van der Waals surface area contributed by atoms with Gasteiger partial charge in [-0.05, 0) is 48.5 Å². The van der Waals surface area contributed by atoms with Gasteiger partial charge < -0.3 is 38.6 Å². The molecule has 12 heteroatoms. The van der Waals surface area contributed by atoms with E-state index in [1.807, 2.05) is 0 Å². The molecule has 8 atom stereocenters. The van der Waals surface area contributed by atoms with Crippen molar-refractivity contribution < 1.29 is 57.8 Å². The highest BCUT2D eigenvalue weighted by Crippen LogP contribution is 2.57. The molecule has 202 valence electrons. The van der Waals surface area contributed by atoms with E-state index in [0.29, 0.717) is 0 Å². The first-order valence-electron chi connectivity index (χ1n) is 11.8. The van der Waals surface area contributed by atoms with Crippen LogP contribution in [0.25, 0.3) is 0 Å². The maximum Gasteiger partial charge on any atom is 0.231 e. The van der Waals surface area contributed by atoms with Gasteiger partial charge in [0.05, 0.1) is 0 Å². The Hall–Kier alpha value is -1.64. The van der Waals surface area contributed by atoms with Crippen molar-refractivity contribution in [3.05, 3.63) is 0 Å². The lowest BCUT2D eigenvalue weighted by atomic mass is 9.89. The zero-order valence-electron chi connectivity index (χ0n) is 21.8. The topological polar surface area (TPSA) is 164 Å². The van der Waals surface area contributed by atoms with Crippen LogP contribution in [0.3, 0.4) is 0 Å². The monoisotopic (exact) mass is 514 g/mol. The second-order valence-electron chi connectivity index (χ2n) is 11.2. The van der Waals surface area contributed by atoms with Crippen molar-refractivity contribution in [1.29, 1.82) is 0 Å². The predicted molar refractivity (Wildman–Crippen MR) is 117 cm³/mol. The summed E-state index contributed by atoms with van der Waals surface area (Å²) in [6.45, 7) is 10.9. The Morgan fingerprint density at radius 2 is 1.00 bits per heavy atom. The number of rotatable bonds is 7. The Kier molecular flexibility index (Phi) is 5.69. The van der Waals surface area contributed by atoms with E-state index in [1.165, 1.54) is 55.4 Å². The molecule has 0 aromatic carbocycles. The van der Waals surface area contributed by atoms with Crippen LogP contribution in [0.1, 0.15) is 81.1 Å². The van der Waals surface area contributed by atoms with Gasteiger partial charge in [-0.2, -0.15) is 0 Å². The first kappa shape index (κ1) is 27.4. The van der Waals surface area contributed by atoms with E-state index in [4.69, 9.17) is 28.4 Å². The third kappa shape index (κ3) is 3.65. The zero-order chi connectivity index (χ0) is 27.4. The fourth-order valence-corrected chi connectivity index (χ4v) is 5.54. The van der Waals surface area contributed by atoms with Crippen molar-refractivity contribution in [3.63, 3.8) is 0 Å².